The van der Waals surface area contributed by atoms with Crippen LogP contribution in [0.15, 0.2) is 71.9 Å². The summed E-state index contributed by atoms with van der Waals surface area (Å²) in [5, 5.41) is 13.9. The Bertz CT molecular complexity index is 805. The molecule has 0 aliphatic carbocycles. The van der Waals surface area contributed by atoms with Gasteiger partial charge in [-0.15, -0.1) is 0 Å². The van der Waals surface area contributed by atoms with Crippen molar-refractivity contribution in [2.75, 3.05) is 0 Å². The van der Waals surface area contributed by atoms with Crippen LogP contribution in [0.4, 0.5) is 0 Å². The molecule has 0 saturated carbocycles. The van der Waals surface area contributed by atoms with Crippen LogP contribution in [0.2, 0.25) is 0 Å². The first-order chi connectivity index (χ1) is 10.8. The molecular weight excluding hydrogens is 276 g/mol. The Morgan fingerprint density at radius 2 is 1.68 bits per heavy atom. The maximum absolute atomic E-state index is 8.65. The van der Waals surface area contributed by atoms with Gasteiger partial charge in [0, 0.05) is 10.9 Å². The molecule has 0 saturated heterocycles. The van der Waals surface area contributed by atoms with E-state index in [4.69, 9.17) is 15.7 Å². The van der Waals surface area contributed by atoms with Crippen LogP contribution in [0.1, 0.15) is 11.1 Å². The van der Waals surface area contributed by atoms with Crippen molar-refractivity contribution in [1.29, 1.82) is 0 Å². The summed E-state index contributed by atoms with van der Waals surface area (Å²) >= 11 is 0. The van der Waals surface area contributed by atoms with Crippen LogP contribution in [0.3, 0.4) is 0 Å². The number of hydrogen-bond acceptors (Lipinski definition) is 3. The molecule has 4 heteroatoms. The highest BCUT2D eigenvalue weighted by molar-refractivity contribution is 5.97. The number of ether oxygens (including phenoxy) is 1. The molecule has 0 atom stereocenters. The van der Waals surface area contributed by atoms with Gasteiger partial charge in [0.05, 0.1) is 0 Å². The summed E-state index contributed by atoms with van der Waals surface area (Å²) in [5.74, 6) is 0.958. The quantitative estimate of drug-likeness (QED) is 0.334. The summed E-state index contributed by atoms with van der Waals surface area (Å²) in [7, 11) is 0. The van der Waals surface area contributed by atoms with Crippen molar-refractivity contribution in [1.82, 2.24) is 0 Å². The summed E-state index contributed by atoms with van der Waals surface area (Å²) in [4.78, 5) is 0. The van der Waals surface area contributed by atoms with E-state index in [9.17, 15) is 0 Å². The average Bonchev–Trinajstić information content (AvgIpc) is 2.59. The first kappa shape index (κ1) is 13.9. The van der Waals surface area contributed by atoms with Crippen LogP contribution >= 0.6 is 0 Å². The number of rotatable bonds is 4. The SMILES string of the molecule is N/C(=N\O)c1ccc(COc2cccc3ccccc23)cc1. The largest absolute Gasteiger partial charge is 0.488 e. The number of benzene rings is 3. The molecule has 0 aliphatic rings. The summed E-state index contributed by atoms with van der Waals surface area (Å²) in [5.41, 5.74) is 7.23. The Balaban J connectivity index is 1.77. The minimum Gasteiger partial charge on any atom is -0.488 e. The molecule has 3 aromatic rings. The zero-order chi connectivity index (χ0) is 15.4. The van der Waals surface area contributed by atoms with Gasteiger partial charge in [0.25, 0.3) is 0 Å². The number of amidine groups is 1. The maximum Gasteiger partial charge on any atom is 0.170 e. The Labute approximate surface area is 128 Å². The average molecular weight is 292 g/mol. The maximum atomic E-state index is 8.65. The lowest BCUT2D eigenvalue weighted by molar-refractivity contribution is 0.310. The van der Waals surface area contributed by atoms with E-state index in [1.165, 1.54) is 0 Å². The normalized spacial score (nSPS) is 11.5. The Kier molecular flexibility index (Phi) is 3.92. The monoisotopic (exact) mass is 292 g/mol. The first-order valence-electron chi connectivity index (χ1n) is 6.95. The van der Waals surface area contributed by atoms with Gasteiger partial charge in [-0.2, -0.15) is 0 Å². The van der Waals surface area contributed by atoms with Gasteiger partial charge in [0.15, 0.2) is 5.84 Å². The molecular formula is C18H16N2O2. The van der Waals surface area contributed by atoms with Crippen LogP contribution < -0.4 is 10.5 Å². The van der Waals surface area contributed by atoms with E-state index in [0.717, 1.165) is 22.1 Å². The summed E-state index contributed by atoms with van der Waals surface area (Å²) in [6, 6.07) is 21.5. The van der Waals surface area contributed by atoms with E-state index in [1.54, 1.807) is 12.1 Å². The van der Waals surface area contributed by atoms with Crippen LogP contribution in [0.5, 0.6) is 5.75 Å². The molecule has 0 aliphatic heterocycles. The predicted octanol–water partition coefficient (Wildman–Crippen LogP) is 3.51. The number of oxime groups is 1. The first-order valence-corrected chi connectivity index (χ1v) is 6.95. The van der Waals surface area contributed by atoms with Gasteiger partial charge < -0.3 is 15.7 Å². The van der Waals surface area contributed by atoms with Gasteiger partial charge in [-0.1, -0.05) is 65.8 Å². The summed E-state index contributed by atoms with van der Waals surface area (Å²) in [6.45, 7) is 0.463. The predicted molar refractivity (Wildman–Crippen MR) is 87.2 cm³/mol. The Morgan fingerprint density at radius 3 is 2.45 bits per heavy atom. The lowest BCUT2D eigenvalue weighted by atomic mass is 10.1. The number of nitrogens with two attached hydrogens (primary N) is 1. The highest BCUT2D eigenvalue weighted by Crippen LogP contribution is 2.25. The molecule has 0 fully saturated rings. The number of hydrogen-bond donors (Lipinski definition) is 2. The van der Waals surface area contributed by atoms with E-state index < -0.39 is 0 Å². The van der Waals surface area contributed by atoms with Crippen molar-refractivity contribution in [3.05, 3.63) is 77.9 Å². The van der Waals surface area contributed by atoms with Gasteiger partial charge in [0.1, 0.15) is 12.4 Å². The molecule has 0 bridgehead atoms. The lowest BCUT2D eigenvalue weighted by Gasteiger charge is -2.09. The van der Waals surface area contributed by atoms with E-state index in [-0.39, 0.29) is 5.84 Å². The van der Waals surface area contributed by atoms with E-state index in [2.05, 4.69) is 17.3 Å². The molecule has 4 nitrogen and oxygen atoms in total. The van der Waals surface area contributed by atoms with E-state index in [1.807, 2.05) is 42.5 Å². The fourth-order valence-electron chi connectivity index (χ4n) is 2.31. The molecule has 22 heavy (non-hydrogen) atoms. The summed E-state index contributed by atoms with van der Waals surface area (Å²) < 4.78 is 5.92. The van der Waals surface area contributed by atoms with Gasteiger partial charge in [-0.25, -0.2) is 0 Å². The van der Waals surface area contributed by atoms with Gasteiger partial charge in [0.2, 0.25) is 0 Å². The minimum atomic E-state index is 0.0986. The standard InChI is InChI=1S/C18H16N2O2/c19-18(20-21)15-10-8-13(9-11-15)12-22-17-7-3-5-14-4-1-2-6-16(14)17/h1-11,21H,12H2,(H2,19,20). The third-order valence-corrected chi connectivity index (χ3v) is 3.50. The fraction of sp³-hybridized carbons (Fsp3) is 0.0556. The van der Waals surface area contributed by atoms with Crippen molar-refractivity contribution in [2.45, 2.75) is 6.61 Å². The molecule has 0 unspecified atom stereocenters. The van der Waals surface area contributed by atoms with Crippen molar-refractivity contribution in [3.63, 3.8) is 0 Å². The zero-order valence-corrected chi connectivity index (χ0v) is 11.9. The molecule has 3 rings (SSSR count). The molecule has 3 aromatic carbocycles. The number of nitrogens with zero attached hydrogens (tertiary/aromatic N) is 1. The molecule has 110 valence electrons. The third kappa shape index (κ3) is 2.86. The van der Waals surface area contributed by atoms with E-state index in [0.29, 0.717) is 12.2 Å². The van der Waals surface area contributed by atoms with E-state index >= 15 is 0 Å². The van der Waals surface area contributed by atoms with Crippen molar-refractivity contribution >= 4 is 16.6 Å². The topological polar surface area (TPSA) is 67.8 Å². The smallest absolute Gasteiger partial charge is 0.170 e. The second-order valence-corrected chi connectivity index (χ2v) is 4.95. The summed E-state index contributed by atoms with van der Waals surface area (Å²) in [6.07, 6.45) is 0. The second-order valence-electron chi connectivity index (χ2n) is 4.95. The van der Waals surface area contributed by atoms with Crippen LogP contribution in [0, 0.1) is 0 Å². The van der Waals surface area contributed by atoms with Gasteiger partial charge in [-0.3, -0.25) is 0 Å². The molecule has 0 aromatic heterocycles. The fourth-order valence-corrected chi connectivity index (χ4v) is 2.31. The van der Waals surface area contributed by atoms with Crippen molar-refractivity contribution in [3.8, 4) is 5.75 Å². The Hall–Kier alpha value is -3.01. The molecule has 3 N–H and O–H groups in total. The minimum absolute atomic E-state index is 0.0986. The molecule has 0 spiro atoms. The van der Waals surface area contributed by atoms with Crippen LogP contribution in [-0.2, 0) is 6.61 Å². The zero-order valence-electron chi connectivity index (χ0n) is 11.9. The Morgan fingerprint density at radius 1 is 0.955 bits per heavy atom. The van der Waals surface area contributed by atoms with Crippen LogP contribution in [0.25, 0.3) is 10.8 Å². The van der Waals surface area contributed by atoms with Gasteiger partial charge in [-0.05, 0) is 17.0 Å². The number of fused-ring (bicyclic) bond motifs is 1. The lowest BCUT2D eigenvalue weighted by Crippen LogP contribution is -2.12. The highest BCUT2D eigenvalue weighted by atomic mass is 16.5. The molecule has 0 radical (unpaired) electrons. The van der Waals surface area contributed by atoms with Crippen molar-refractivity contribution < 1.29 is 9.94 Å². The second kappa shape index (κ2) is 6.18. The third-order valence-electron chi connectivity index (χ3n) is 3.50. The van der Waals surface area contributed by atoms with Crippen molar-refractivity contribution in [2.24, 2.45) is 10.9 Å². The van der Waals surface area contributed by atoms with Gasteiger partial charge >= 0.3 is 0 Å². The van der Waals surface area contributed by atoms with Crippen LogP contribution in [-0.4, -0.2) is 11.0 Å². The molecule has 0 heterocycles. The molecule has 0 amide bonds. The highest BCUT2D eigenvalue weighted by Gasteiger charge is 2.03.